The zero-order valence-corrected chi connectivity index (χ0v) is 10.2. The fourth-order valence-corrected chi connectivity index (χ4v) is 2.03. The van der Waals surface area contributed by atoms with E-state index in [1.807, 2.05) is 30.3 Å². The first-order chi connectivity index (χ1) is 8.45. The maximum atomic E-state index is 5.61. The number of benzene rings is 1. The molecule has 0 bridgehead atoms. The molecule has 0 aromatic heterocycles. The molecular formula is C14H21NO2. The van der Waals surface area contributed by atoms with Gasteiger partial charge in [-0.15, -0.1) is 0 Å². The first kappa shape index (κ1) is 12.4. The van der Waals surface area contributed by atoms with E-state index in [1.54, 1.807) is 0 Å². The van der Waals surface area contributed by atoms with Crippen molar-refractivity contribution >= 4 is 0 Å². The Hall–Kier alpha value is -1.06. The molecule has 0 amide bonds. The molecule has 0 spiro atoms. The molecule has 0 radical (unpaired) electrons. The van der Waals surface area contributed by atoms with E-state index < -0.39 is 0 Å². The molecule has 1 saturated heterocycles. The van der Waals surface area contributed by atoms with E-state index in [9.17, 15) is 0 Å². The molecule has 1 aromatic carbocycles. The Bertz CT molecular complexity index is 296. The van der Waals surface area contributed by atoms with E-state index in [-0.39, 0.29) is 0 Å². The lowest BCUT2D eigenvalue weighted by atomic mass is 10.1. The number of rotatable bonds is 6. The lowest BCUT2D eigenvalue weighted by Crippen LogP contribution is -2.37. The molecule has 1 atom stereocenters. The summed E-state index contributed by atoms with van der Waals surface area (Å²) in [6.45, 7) is 3.22. The molecule has 3 nitrogen and oxygen atoms in total. The number of hydrogen-bond donors (Lipinski definition) is 1. The molecule has 0 aliphatic carbocycles. The SMILES string of the molecule is c1ccc(OCCOCC2CCCCN2)cc1. The zero-order valence-electron chi connectivity index (χ0n) is 10.2. The van der Waals surface area contributed by atoms with Crippen LogP contribution in [0.1, 0.15) is 19.3 Å². The van der Waals surface area contributed by atoms with Crippen molar-refractivity contribution in [3.63, 3.8) is 0 Å². The van der Waals surface area contributed by atoms with E-state index in [0.717, 1.165) is 18.9 Å². The van der Waals surface area contributed by atoms with Crippen molar-refractivity contribution in [2.45, 2.75) is 25.3 Å². The quantitative estimate of drug-likeness (QED) is 0.767. The summed E-state index contributed by atoms with van der Waals surface area (Å²) in [4.78, 5) is 0. The van der Waals surface area contributed by atoms with Crippen LogP contribution < -0.4 is 10.1 Å². The largest absolute Gasteiger partial charge is 0.491 e. The maximum Gasteiger partial charge on any atom is 0.119 e. The van der Waals surface area contributed by atoms with Crippen molar-refractivity contribution in [1.82, 2.24) is 5.32 Å². The van der Waals surface area contributed by atoms with E-state index in [0.29, 0.717) is 19.3 Å². The summed E-state index contributed by atoms with van der Waals surface area (Å²) in [5.41, 5.74) is 0. The summed E-state index contributed by atoms with van der Waals surface area (Å²) in [5.74, 6) is 0.909. The van der Waals surface area contributed by atoms with Gasteiger partial charge in [-0.2, -0.15) is 0 Å². The number of piperidine rings is 1. The predicted octanol–water partition coefficient (Wildman–Crippen LogP) is 2.22. The van der Waals surface area contributed by atoms with Crippen LogP contribution in [0.3, 0.4) is 0 Å². The molecule has 1 N–H and O–H groups in total. The van der Waals surface area contributed by atoms with Gasteiger partial charge in [0.1, 0.15) is 12.4 Å². The Balaban J connectivity index is 1.51. The third-order valence-corrected chi connectivity index (χ3v) is 2.97. The van der Waals surface area contributed by atoms with Gasteiger partial charge in [-0.1, -0.05) is 24.6 Å². The summed E-state index contributed by atoms with van der Waals surface area (Å²) in [7, 11) is 0. The van der Waals surface area contributed by atoms with E-state index >= 15 is 0 Å². The molecule has 1 heterocycles. The summed E-state index contributed by atoms with van der Waals surface area (Å²) < 4.78 is 11.2. The molecule has 94 valence electrons. The van der Waals surface area contributed by atoms with Crippen LogP contribution in [0.25, 0.3) is 0 Å². The zero-order chi connectivity index (χ0) is 11.8. The molecule has 1 aliphatic heterocycles. The minimum Gasteiger partial charge on any atom is -0.491 e. The number of para-hydroxylation sites is 1. The molecule has 1 aromatic rings. The summed E-state index contributed by atoms with van der Waals surface area (Å²) in [6.07, 6.45) is 3.86. The second-order valence-corrected chi connectivity index (χ2v) is 4.38. The molecular weight excluding hydrogens is 214 g/mol. The predicted molar refractivity (Wildman–Crippen MR) is 68.4 cm³/mol. The van der Waals surface area contributed by atoms with Gasteiger partial charge >= 0.3 is 0 Å². The number of nitrogens with one attached hydrogen (secondary N) is 1. The molecule has 2 rings (SSSR count). The van der Waals surface area contributed by atoms with Crippen molar-refractivity contribution in [2.24, 2.45) is 0 Å². The van der Waals surface area contributed by atoms with Gasteiger partial charge in [0.2, 0.25) is 0 Å². The Kier molecular flexibility index (Phi) is 5.33. The molecule has 0 saturated carbocycles. The molecule has 3 heteroatoms. The van der Waals surface area contributed by atoms with Crippen LogP contribution in [0.5, 0.6) is 5.75 Å². The highest BCUT2D eigenvalue weighted by molar-refractivity contribution is 5.20. The highest BCUT2D eigenvalue weighted by Crippen LogP contribution is 2.08. The number of ether oxygens (including phenoxy) is 2. The van der Waals surface area contributed by atoms with Crippen molar-refractivity contribution < 1.29 is 9.47 Å². The summed E-state index contributed by atoms with van der Waals surface area (Å²) in [5, 5.41) is 3.46. The van der Waals surface area contributed by atoms with Gasteiger partial charge in [-0.05, 0) is 31.5 Å². The van der Waals surface area contributed by atoms with Gasteiger partial charge in [0.05, 0.1) is 13.2 Å². The van der Waals surface area contributed by atoms with Gasteiger partial charge in [0, 0.05) is 6.04 Å². The average molecular weight is 235 g/mol. The average Bonchev–Trinajstić information content (AvgIpc) is 2.41. The first-order valence-corrected chi connectivity index (χ1v) is 6.44. The van der Waals surface area contributed by atoms with Crippen molar-refractivity contribution in [2.75, 3.05) is 26.4 Å². The highest BCUT2D eigenvalue weighted by atomic mass is 16.5. The normalized spacial score (nSPS) is 20.1. The lowest BCUT2D eigenvalue weighted by molar-refractivity contribution is 0.0777. The standard InChI is InChI=1S/C14H21NO2/c1-2-7-14(8-3-1)17-11-10-16-12-13-6-4-5-9-15-13/h1-3,7-8,13,15H,4-6,9-12H2. The molecule has 1 fully saturated rings. The van der Waals surface area contributed by atoms with Gasteiger partial charge in [-0.3, -0.25) is 0 Å². The second kappa shape index (κ2) is 7.30. The van der Waals surface area contributed by atoms with Crippen LogP contribution >= 0.6 is 0 Å². The first-order valence-electron chi connectivity index (χ1n) is 6.44. The minimum atomic E-state index is 0.542. The monoisotopic (exact) mass is 235 g/mol. The molecule has 1 unspecified atom stereocenters. The Morgan fingerprint density at radius 3 is 2.76 bits per heavy atom. The third-order valence-electron chi connectivity index (χ3n) is 2.97. The molecule has 17 heavy (non-hydrogen) atoms. The van der Waals surface area contributed by atoms with E-state index in [1.165, 1.54) is 19.3 Å². The van der Waals surface area contributed by atoms with Crippen molar-refractivity contribution in [3.05, 3.63) is 30.3 Å². The van der Waals surface area contributed by atoms with Crippen LogP contribution in [-0.4, -0.2) is 32.4 Å². The second-order valence-electron chi connectivity index (χ2n) is 4.38. The van der Waals surface area contributed by atoms with Gasteiger partial charge < -0.3 is 14.8 Å². The van der Waals surface area contributed by atoms with Crippen molar-refractivity contribution in [3.8, 4) is 5.75 Å². The van der Waals surface area contributed by atoms with Gasteiger partial charge in [-0.25, -0.2) is 0 Å². The third kappa shape index (κ3) is 4.75. The number of hydrogen-bond acceptors (Lipinski definition) is 3. The minimum absolute atomic E-state index is 0.542. The highest BCUT2D eigenvalue weighted by Gasteiger charge is 2.11. The smallest absolute Gasteiger partial charge is 0.119 e. The topological polar surface area (TPSA) is 30.5 Å². The van der Waals surface area contributed by atoms with Crippen LogP contribution in [0.4, 0.5) is 0 Å². The Morgan fingerprint density at radius 2 is 2.00 bits per heavy atom. The van der Waals surface area contributed by atoms with Crippen LogP contribution in [0, 0.1) is 0 Å². The van der Waals surface area contributed by atoms with Crippen LogP contribution in [0.2, 0.25) is 0 Å². The van der Waals surface area contributed by atoms with Gasteiger partial charge in [0.15, 0.2) is 0 Å². The fraction of sp³-hybridized carbons (Fsp3) is 0.571. The van der Waals surface area contributed by atoms with Crippen LogP contribution in [-0.2, 0) is 4.74 Å². The Morgan fingerprint density at radius 1 is 1.12 bits per heavy atom. The fourth-order valence-electron chi connectivity index (χ4n) is 2.03. The van der Waals surface area contributed by atoms with E-state index in [4.69, 9.17) is 9.47 Å². The van der Waals surface area contributed by atoms with Crippen molar-refractivity contribution in [1.29, 1.82) is 0 Å². The summed E-state index contributed by atoms with van der Waals surface area (Å²) in [6, 6.07) is 10.4. The Labute approximate surface area is 103 Å². The van der Waals surface area contributed by atoms with E-state index in [2.05, 4.69) is 5.32 Å². The molecule has 1 aliphatic rings. The lowest BCUT2D eigenvalue weighted by Gasteiger charge is -2.23. The van der Waals surface area contributed by atoms with Gasteiger partial charge in [0.25, 0.3) is 0 Å². The maximum absolute atomic E-state index is 5.61. The summed E-state index contributed by atoms with van der Waals surface area (Å²) >= 11 is 0. The van der Waals surface area contributed by atoms with Crippen LogP contribution in [0.15, 0.2) is 30.3 Å².